The first kappa shape index (κ1) is 19.6. The molecule has 144 valence electrons. The zero-order valence-corrected chi connectivity index (χ0v) is 16.9. The maximum atomic E-state index is 12.1. The average molecular weight is 444 g/mol. The smallest absolute Gasteiger partial charge is 0.277 e. The summed E-state index contributed by atoms with van der Waals surface area (Å²) in [7, 11) is 3.08. The van der Waals surface area contributed by atoms with Crippen LogP contribution in [0, 0.1) is 0 Å². The Hall–Kier alpha value is -3.13. The van der Waals surface area contributed by atoms with Crippen molar-refractivity contribution < 1.29 is 19.0 Å². The Morgan fingerprint density at radius 2 is 2.00 bits per heavy atom. The fourth-order valence-corrected chi connectivity index (χ4v) is 3.05. The van der Waals surface area contributed by atoms with Gasteiger partial charge in [0.1, 0.15) is 11.3 Å². The first-order chi connectivity index (χ1) is 13.6. The lowest BCUT2D eigenvalue weighted by molar-refractivity contribution is -0.123. The van der Waals surface area contributed by atoms with E-state index >= 15 is 0 Å². The summed E-state index contributed by atoms with van der Waals surface area (Å²) in [5.74, 6) is 1.21. The fourth-order valence-electron chi connectivity index (χ4n) is 2.60. The molecule has 0 aliphatic rings. The molecule has 3 rings (SSSR count). The van der Waals surface area contributed by atoms with Crippen LogP contribution in [0.5, 0.6) is 17.2 Å². The van der Waals surface area contributed by atoms with Gasteiger partial charge in [-0.3, -0.25) is 9.78 Å². The van der Waals surface area contributed by atoms with Gasteiger partial charge in [0.25, 0.3) is 5.91 Å². The Kier molecular flexibility index (Phi) is 6.44. The van der Waals surface area contributed by atoms with Crippen LogP contribution < -0.4 is 19.6 Å². The number of carbonyl (C=O) groups is 1. The van der Waals surface area contributed by atoms with Crippen molar-refractivity contribution >= 4 is 39.0 Å². The van der Waals surface area contributed by atoms with Gasteiger partial charge in [0.2, 0.25) is 0 Å². The summed E-state index contributed by atoms with van der Waals surface area (Å²) in [5.41, 5.74) is 3.78. The Bertz CT molecular complexity index is 1020. The lowest BCUT2D eigenvalue weighted by Gasteiger charge is -2.11. The number of aromatic nitrogens is 1. The van der Waals surface area contributed by atoms with Gasteiger partial charge in [0.05, 0.1) is 20.4 Å². The molecule has 0 radical (unpaired) electrons. The van der Waals surface area contributed by atoms with Crippen molar-refractivity contribution in [2.45, 2.75) is 0 Å². The van der Waals surface area contributed by atoms with Crippen LogP contribution in [0.1, 0.15) is 5.56 Å². The van der Waals surface area contributed by atoms with Crippen LogP contribution in [0.3, 0.4) is 0 Å². The van der Waals surface area contributed by atoms with Crippen LogP contribution in [0.2, 0.25) is 0 Å². The average Bonchev–Trinajstić information content (AvgIpc) is 2.71. The quantitative estimate of drug-likeness (QED) is 0.445. The van der Waals surface area contributed by atoms with E-state index < -0.39 is 5.91 Å². The number of fused-ring (bicyclic) bond motifs is 1. The van der Waals surface area contributed by atoms with Crippen molar-refractivity contribution in [1.29, 1.82) is 0 Å². The highest BCUT2D eigenvalue weighted by atomic mass is 79.9. The number of methoxy groups -OCH3 is 2. The van der Waals surface area contributed by atoms with Gasteiger partial charge in [-0.15, -0.1) is 0 Å². The summed E-state index contributed by atoms with van der Waals surface area (Å²) >= 11 is 3.40. The monoisotopic (exact) mass is 443 g/mol. The van der Waals surface area contributed by atoms with E-state index in [0.29, 0.717) is 28.3 Å². The number of halogens is 1. The van der Waals surface area contributed by atoms with E-state index in [4.69, 9.17) is 14.2 Å². The molecule has 1 aromatic heterocycles. The Morgan fingerprint density at radius 1 is 1.18 bits per heavy atom. The molecule has 0 saturated carbocycles. The van der Waals surface area contributed by atoms with Crippen LogP contribution in [0.4, 0.5) is 0 Å². The molecular formula is C20H18BrN3O4. The highest BCUT2D eigenvalue weighted by Gasteiger charge is 2.11. The SMILES string of the molecule is COc1cc(Br)cc(/C=N/NC(=O)COc2cccc3cccnc23)c1OC. The highest BCUT2D eigenvalue weighted by Crippen LogP contribution is 2.33. The number of para-hydroxylation sites is 1. The van der Waals surface area contributed by atoms with Gasteiger partial charge in [-0.05, 0) is 24.3 Å². The van der Waals surface area contributed by atoms with Crippen LogP contribution >= 0.6 is 15.9 Å². The number of hydrogen-bond acceptors (Lipinski definition) is 6. The number of amides is 1. The predicted octanol–water partition coefficient (Wildman–Crippen LogP) is 3.54. The largest absolute Gasteiger partial charge is 0.493 e. The Balaban J connectivity index is 1.64. The van der Waals surface area contributed by atoms with Gasteiger partial charge in [-0.2, -0.15) is 5.10 Å². The second kappa shape index (κ2) is 9.18. The van der Waals surface area contributed by atoms with Crippen molar-refractivity contribution in [3.8, 4) is 17.2 Å². The summed E-state index contributed by atoms with van der Waals surface area (Å²) in [4.78, 5) is 16.3. The third-order valence-corrected chi connectivity index (χ3v) is 4.28. The van der Waals surface area contributed by atoms with E-state index in [9.17, 15) is 4.79 Å². The highest BCUT2D eigenvalue weighted by molar-refractivity contribution is 9.10. The standard InChI is InChI=1S/C20H18BrN3O4/c1-26-17-10-15(21)9-14(20(17)27-2)11-23-24-18(25)12-28-16-7-3-5-13-6-4-8-22-19(13)16/h3-11H,12H2,1-2H3,(H,24,25)/b23-11+. The molecular weight excluding hydrogens is 426 g/mol. The normalized spacial score (nSPS) is 10.8. The molecule has 0 saturated heterocycles. The van der Waals surface area contributed by atoms with E-state index in [2.05, 4.69) is 31.4 Å². The molecule has 8 heteroatoms. The van der Waals surface area contributed by atoms with E-state index in [0.717, 1.165) is 9.86 Å². The molecule has 1 N–H and O–H groups in total. The van der Waals surface area contributed by atoms with E-state index in [1.54, 1.807) is 31.5 Å². The van der Waals surface area contributed by atoms with Crippen molar-refractivity contribution in [3.63, 3.8) is 0 Å². The van der Waals surface area contributed by atoms with Gasteiger partial charge in [0, 0.05) is 21.6 Å². The number of hydrazone groups is 1. The molecule has 1 amide bonds. The minimum absolute atomic E-state index is 0.189. The molecule has 0 spiro atoms. The van der Waals surface area contributed by atoms with Crippen LogP contribution in [-0.4, -0.2) is 37.9 Å². The maximum absolute atomic E-state index is 12.1. The molecule has 2 aromatic carbocycles. The van der Waals surface area contributed by atoms with Gasteiger partial charge in [-0.1, -0.05) is 34.1 Å². The molecule has 0 unspecified atom stereocenters. The number of nitrogens with zero attached hydrogens (tertiary/aromatic N) is 2. The molecule has 0 bridgehead atoms. The third-order valence-electron chi connectivity index (χ3n) is 3.82. The summed E-state index contributed by atoms with van der Waals surface area (Å²) in [6.07, 6.45) is 3.16. The molecule has 7 nitrogen and oxygen atoms in total. The number of hydrogen-bond donors (Lipinski definition) is 1. The number of pyridine rings is 1. The minimum Gasteiger partial charge on any atom is -0.493 e. The Morgan fingerprint density at radius 3 is 2.79 bits per heavy atom. The number of rotatable bonds is 7. The topological polar surface area (TPSA) is 82.0 Å². The molecule has 0 atom stereocenters. The lowest BCUT2D eigenvalue weighted by Crippen LogP contribution is -2.24. The van der Waals surface area contributed by atoms with Gasteiger partial charge < -0.3 is 14.2 Å². The summed E-state index contributed by atoms with van der Waals surface area (Å²) in [5, 5.41) is 4.90. The van der Waals surface area contributed by atoms with E-state index in [1.807, 2.05) is 24.3 Å². The maximum Gasteiger partial charge on any atom is 0.277 e. The second-order valence-corrected chi connectivity index (χ2v) is 6.56. The molecule has 1 heterocycles. The first-order valence-corrected chi connectivity index (χ1v) is 9.11. The first-order valence-electron chi connectivity index (χ1n) is 8.32. The van der Waals surface area contributed by atoms with Crippen molar-refractivity contribution in [2.75, 3.05) is 20.8 Å². The molecule has 0 fully saturated rings. The lowest BCUT2D eigenvalue weighted by atomic mass is 10.2. The molecule has 0 aliphatic heterocycles. The van der Waals surface area contributed by atoms with Gasteiger partial charge >= 0.3 is 0 Å². The van der Waals surface area contributed by atoms with Gasteiger partial charge in [0.15, 0.2) is 18.1 Å². The van der Waals surface area contributed by atoms with Crippen molar-refractivity contribution in [3.05, 3.63) is 58.7 Å². The number of ether oxygens (including phenoxy) is 3. The fraction of sp³-hybridized carbons (Fsp3) is 0.150. The summed E-state index contributed by atoms with van der Waals surface area (Å²) < 4.78 is 17.0. The second-order valence-electron chi connectivity index (χ2n) is 5.64. The molecule has 3 aromatic rings. The zero-order valence-electron chi connectivity index (χ0n) is 15.3. The van der Waals surface area contributed by atoms with Crippen LogP contribution in [-0.2, 0) is 4.79 Å². The summed E-state index contributed by atoms with van der Waals surface area (Å²) in [6.45, 7) is -0.189. The number of carbonyl (C=O) groups excluding carboxylic acids is 1. The number of nitrogens with one attached hydrogen (secondary N) is 1. The Labute approximate surface area is 170 Å². The third kappa shape index (κ3) is 4.58. The molecule has 28 heavy (non-hydrogen) atoms. The van der Waals surface area contributed by atoms with Crippen LogP contribution in [0.25, 0.3) is 10.9 Å². The minimum atomic E-state index is -0.398. The van der Waals surface area contributed by atoms with Crippen LogP contribution in [0.15, 0.2) is 58.2 Å². The van der Waals surface area contributed by atoms with E-state index in [1.165, 1.54) is 13.3 Å². The number of benzene rings is 2. The predicted molar refractivity (Wildman–Crippen MR) is 110 cm³/mol. The van der Waals surface area contributed by atoms with E-state index in [-0.39, 0.29) is 6.61 Å². The summed E-state index contributed by atoms with van der Waals surface area (Å²) in [6, 6.07) is 12.9. The van der Waals surface area contributed by atoms with Gasteiger partial charge in [-0.25, -0.2) is 5.43 Å². The molecule has 0 aliphatic carbocycles. The van der Waals surface area contributed by atoms with Crippen molar-refractivity contribution in [2.24, 2.45) is 5.10 Å². The zero-order chi connectivity index (χ0) is 19.9. The van der Waals surface area contributed by atoms with Crippen molar-refractivity contribution in [1.82, 2.24) is 10.4 Å².